The van der Waals surface area contributed by atoms with E-state index in [1.807, 2.05) is 12.1 Å². The fourth-order valence-corrected chi connectivity index (χ4v) is 2.01. The van der Waals surface area contributed by atoms with Gasteiger partial charge in [0.1, 0.15) is 5.82 Å². The van der Waals surface area contributed by atoms with Crippen molar-refractivity contribution in [1.82, 2.24) is 0 Å². The molecule has 0 aliphatic rings. The minimum Gasteiger partial charge on any atom is -0.207 e. The average Bonchev–Trinajstić information content (AvgIpc) is 2.39. The molecule has 0 unspecified atom stereocenters. The Morgan fingerprint density at radius 3 is 2.17 bits per heavy atom. The van der Waals surface area contributed by atoms with Crippen LogP contribution in [0.4, 0.5) is 4.39 Å². The summed E-state index contributed by atoms with van der Waals surface area (Å²) in [6, 6.07) is 6.65. The third-order valence-corrected chi connectivity index (χ3v) is 3.15. The van der Waals surface area contributed by atoms with E-state index in [1.54, 1.807) is 0 Å². The van der Waals surface area contributed by atoms with Crippen LogP contribution in [0.15, 0.2) is 30.3 Å². The maximum atomic E-state index is 12.7. The van der Waals surface area contributed by atoms with Gasteiger partial charge in [-0.05, 0) is 30.5 Å². The molecule has 0 amide bonds. The average molecular weight is 248 g/mol. The van der Waals surface area contributed by atoms with Crippen molar-refractivity contribution < 1.29 is 4.39 Å². The number of rotatable bonds is 9. The molecular weight excluding hydrogens is 223 g/mol. The highest BCUT2D eigenvalue weighted by molar-refractivity contribution is 5.48. The zero-order valence-electron chi connectivity index (χ0n) is 11.5. The van der Waals surface area contributed by atoms with Gasteiger partial charge in [0.05, 0.1) is 0 Å². The molecule has 18 heavy (non-hydrogen) atoms. The second-order valence-electron chi connectivity index (χ2n) is 4.86. The molecule has 0 aromatic heterocycles. The van der Waals surface area contributed by atoms with Crippen molar-refractivity contribution in [2.24, 2.45) is 0 Å². The van der Waals surface area contributed by atoms with Crippen molar-refractivity contribution in [3.8, 4) is 0 Å². The van der Waals surface area contributed by atoms with Gasteiger partial charge in [0.15, 0.2) is 0 Å². The lowest BCUT2D eigenvalue weighted by Gasteiger charge is -1.99. The standard InChI is InChI=1S/C17H25F/c1-2-3-4-5-6-7-8-9-10-11-16-12-14-17(18)15-13-16/h10-15H,2-9H2,1H3/b11-10+. The second-order valence-corrected chi connectivity index (χ2v) is 4.86. The molecule has 0 nitrogen and oxygen atoms in total. The van der Waals surface area contributed by atoms with Crippen LogP contribution in [0, 0.1) is 5.82 Å². The Bertz CT molecular complexity index is 324. The lowest BCUT2D eigenvalue weighted by molar-refractivity contribution is 0.592. The SMILES string of the molecule is CCCCCCCCC/C=C/c1ccc(F)cc1. The second kappa shape index (κ2) is 9.87. The van der Waals surface area contributed by atoms with Gasteiger partial charge in [-0.3, -0.25) is 0 Å². The van der Waals surface area contributed by atoms with E-state index in [2.05, 4.69) is 19.1 Å². The summed E-state index contributed by atoms with van der Waals surface area (Å²) in [4.78, 5) is 0. The lowest BCUT2D eigenvalue weighted by atomic mass is 10.1. The van der Waals surface area contributed by atoms with E-state index in [4.69, 9.17) is 0 Å². The van der Waals surface area contributed by atoms with Crippen LogP contribution >= 0.6 is 0 Å². The van der Waals surface area contributed by atoms with Gasteiger partial charge in [0.2, 0.25) is 0 Å². The van der Waals surface area contributed by atoms with Gasteiger partial charge in [-0.25, -0.2) is 4.39 Å². The number of hydrogen-bond acceptors (Lipinski definition) is 0. The predicted octanol–water partition coefficient (Wildman–Crippen LogP) is 5.98. The molecule has 0 saturated carbocycles. The lowest BCUT2D eigenvalue weighted by Crippen LogP contribution is -1.79. The van der Waals surface area contributed by atoms with Crippen LogP contribution in [-0.4, -0.2) is 0 Å². The Morgan fingerprint density at radius 2 is 1.50 bits per heavy atom. The van der Waals surface area contributed by atoms with E-state index < -0.39 is 0 Å². The van der Waals surface area contributed by atoms with Crippen LogP contribution in [0.2, 0.25) is 0 Å². The van der Waals surface area contributed by atoms with E-state index >= 15 is 0 Å². The first-order chi connectivity index (χ1) is 8.83. The zero-order valence-corrected chi connectivity index (χ0v) is 11.5. The van der Waals surface area contributed by atoms with Crippen molar-refractivity contribution >= 4 is 6.08 Å². The quantitative estimate of drug-likeness (QED) is 0.471. The van der Waals surface area contributed by atoms with Gasteiger partial charge < -0.3 is 0 Å². The first kappa shape index (κ1) is 14.9. The summed E-state index contributed by atoms with van der Waals surface area (Å²) < 4.78 is 12.7. The fourth-order valence-electron chi connectivity index (χ4n) is 2.01. The first-order valence-electron chi connectivity index (χ1n) is 7.25. The topological polar surface area (TPSA) is 0 Å². The van der Waals surface area contributed by atoms with E-state index in [0.717, 1.165) is 12.0 Å². The molecule has 0 fully saturated rings. The Balaban J connectivity index is 2.02. The summed E-state index contributed by atoms with van der Waals surface area (Å²) in [5.74, 6) is -0.167. The van der Waals surface area contributed by atoms with Gasteiger partial charge in [0, 0.05) is 0 Å². The number of halogens is 1. The maximum Gasteiger partial charge on any atom is 0.123 e. The summed E-state index contributed by atoms with van der Waals surface area (Å²) in [6.45, 7) is 2.25. The molecule has 0 spiro atoms. The number of hydrogen-bond donors (Lipinski definition) is 0. The predicted molar refractivity (Wildman–Crippen MR) is 78.0 cm³/mol. The largest absolute Gasteiger partial charge is 0.207 e. The van der Waals surface area contributed by atoms with Crippen LogP contribution in [0.25, 0.3) is 6.08 Å². The molecule has 0 aliphatic carbocycles. The van der Waals surface area contributed by atoms with E-state index in [1.165, 1.54) is 57.1 Å². The van der Waals surface area contributed by atoms with Gasteiger partial charge in [-0.1, -0.05) is 69.7 Å². The van der Waals surface area contributed by atoms with Crippen molar-refractivity contribution in [3.63, 3.8) is 0 Å². The fraction of sp³-hybridized carbons (Fsp3) is 0.529. The third kappa shape index (κ3) is 7.26. The molecule has 0 bridgehead atoms. The Kier molecular flexibility index (Phi) is 8.20. The molecular formula is C17H25F. The molecule has 1 aromatic rings. The van der Waals surface area contributed by atoms with Gasteiger partial charge in [-0.2, -0.15) is 0 Å². The maximum absolute atomic E-state index is 12.7. The summed E-state index contributed by atoms with van der Waals surface area (Å²) >= 11 is 0. The summed E-state index contributed by atoms with van der Waals surface area (Å²) in [7, 11) is 0. The molecule has 100 valence electrons. The molecule has 1 heteroatoms. The molecule has 1 aromatic carbocycles. The van der Waals surface area contributed by atoms with Crippen LogP contribution in [-0.2, 0) is 0 Å². The highest BCUT2D eigenvalue weighted by atomic mass is 19.1. The highest BCUT2D eigenvalue weighted by Gasteiger charge is 1.90. The normalized spacial score (nSPS) is 11.2. The monoisotopic (exact) mass is 248 g/mol. The van der Waals surface area contributed by atoms with Gasteiger partial charge >= 0.3 is 0 Å². The van der Waals surface area contributed by atoms with Crippen LogP contribution in [0.5, 0.6) is 0 Å². The molecule has 0 atom stereocenters. The Hall–Kier alpha value is -1.11. The van der Waals surface area contributed by atoms with Crippen molar-refractivity contribution in [2.45, 2.75) is 58.3 Å². The molecule has 0 aliphatic heterocycles. The minimum atomic E-state index is -0.167. The van der Waals surface area contributed by atoms with Crippen LogP contribution in [0.3, 0.4) is 0 Å². The summed E-state index contributed by atoms with van der Waals surface area (Å²) in [5.41, 5.74) is 1.08. The molecule has 0 N–H and O–H groups in total. The molecule has 1 rings (SSSR count). The van der Waals surface area contributed by atoms with Crippen LogP contribution < -0.4 is 0 Å². The van der Waals surface area contributed by atoms with Crippen molar-refractivity contribution in [3.05, 3.63) is 41.7 Å². The molecule has 0 saturated heterocycles. The highest BCUT2D eigenvalue weighted by Crippen LogP contribution is 2.10. The van der Waals surface area contributed by atoms with Crippen LogP contribution in [0.1, 0.15) is 63.9 Å². The van der Waals surface area contributed by atoms with E-state index in [9.17, 15) is 4.39 Å². The summed E-state index contributed by atoms with van der Waals surface area (Å²) in [6.07, 6.45) is 14.8. The Morgan fingerprint density at radius 1 is 0.889 bits per heavy atom. The van der Waals surface area contributed by atoms with E-state index in [-0.39, 0.29) is 5.82 Å². The summed E-state index contributed by atoms with van der Waals surface area (Å²) in [5, 5.41) is 0. The van der Waals surface area contributed by atoms with E-state index in [0.29, 0.717) is 0 Å². The smallest absolute Gasteiger partial charge is 0.123 e. The van der Waals surface area contributed by atoms with Gasteiger partial charge in [0.25, 0.3) is 0 Å². The van der Waals surface area contributed by atoms with Gasteiger partial charge in [-0.15, -0.1) is 0 Å². The molecule has 0 heterocycles. The molecule has 0 radical (unpaired) electrons. The third-order valence-electron chi connectivity index (χ3n) is 3.15. The van der Waals surface area contributed by atoms with Crippen molar-refractivity contribution in [1.29, 1.82) is 0 Å². The Labute approximate surface area is 111 Å². The number of benzene rings is 1. The van der Waals surface area contributed by atoms with Crippen molar-refractivity contribution in [2.75, 3.05) is 0 Å². The number of allylic oxidation sites excluding steroid dienone is 1. The zero-order chi connectivity index (χ0) is 13.1. The first-order valence-corrected chi connectivity index (χ1v) is 7.25. The number of unbranched alkanes of at least 4 members (excludes halogenated alkanes) is 7. The minimum absolute atomic E-state index is 0.167.